The number of aliphatic hydroxyl groups is 4. The van der Waals surface area contributed by atoms with E-state index in [2.05, 4.69) is 5.32 Å². The molecule has 13 rings (SSSR count). The number of amides is 1. The number of nitrogens with two attached hydrogens (primary N) is 1. The minimum atomic E-state index is -4.12. The van der Waals surface area contributed by atoms with Crippen molar-refractivity contribution in [1.82, 2.24) is 20.0 Å². The van der Waals surface area contributed by atoms with Crippen LogP contribution in [0.5, 0.6) is 46.0 Å². The number of furan rings is 1. The van der Waals surface area contributed by atoms with Gasteiger partial charge in [-0.05, 0) is 101 Å². The molecule has 3 saturated heterocycles. The summed E-state index contributed by atoms with van der Waals surface area (Å²) in [6, 6.07) is 23.5. The lowest BCUT2D eigenvalue weighted by atomic mass is 9.96. The second-order valence-electron chi connectivity index (χ2n) is 26.0. The number of halogens is 9. The monoisotopic (exact) mass is 1520 g/mol. The largest absolute Gasteiger partial charge is 0.486 e. The molecule has 32 heteroatoms. The van der Waals surface area contributed by atoms with Crippen molar-refractivity contribution >= 4 is 38.6 Å². The molecule has 0 radical (unpaired) electrons. The zero-order chi connectivity index (χ0) is 72.6. The Morgan fingerprint density at radius 1 is 0.538 bits per heavy atom. The second-order valence-corrected chi connectivity index (χ2v) is 28.0. The number of likely N-dealkylation sites (tertiary alicyclic amines) is 3. The van der Waals surface area contributed by atoms with Crippen molar-refractivity contribution in [1.29, 1.82) is 0 Å². The third-order valence-corrected chi connectivity index (χ3v) is 18.4. The molecule has 0 spiro atoms. The molecule has 0 unspecified atom stereocenters. The molecule has 0 saturated carbocycles. The van der Waals surface area contributed by atoms with Gasteiger partial charge in [-0.1, -0.05) is 72.0 Å². The summed E-state index contributed by atoms with van der Waals surface area (Å²) in [6.45, 7) is 7.01. The van der Waals surface area contributed by atoms with Gasteiger partial charge in [0.15, 0.2) is 51.8 Å². The van der Waals surface area contributed by atoms with Gasteiger partial charge in [0.05, 0.1) is 56.9 Å². The molecule has 7 N–H and O–H groups in total. The highest BCUT2D eigenvalue weighted by molar-refractivity contribution is 7.86. The van der Waals surface area contributed by atoms with E-state index in [0.29, 0.717) is 128 Å². The Hall–Kier alpha value is -7.17. The van der Waals surface area contributed by atoms with E-state index in [0.717, 1.165) is 17.9 Å². The Morgan fingerprint density at radius 3 is 1.30 bits per heavy atom. The van der Waals surface area contributed by atoms with Crippen LogP contribution in [0.4, 0.5) is 35.1 Å². The van der Waals surface area contributed by atoms with Crippen LogP contribution in [0.3, 0.4) is 0 Å². The zero-order valence-corrected chi connectivity index (χ0v) is 57.1. The lowest BCUT2D eigenvalue weighted by molar-refractivity contribution is -0.151. The van der Waals surface area contributed by atoms with Gasteiger partial charge in [-0.15, -0.1) is 0 Å². The van der Waals surface area contributed by atoms with Crippen molar-refractivity contribution in [2.75, 3.05) is 125 Å². The first-order valence-corrected chi connectivity index (χ1v) is 35.1. The second kappa shape index (κ2) is 35.9. The minimum absolute atomic E-state index is 0. The van der Waals surface area contributed by atoms with E-state index in [1.54, 1.807) is 77.4 Å². The quantitative estimate of drug-likeness (QED) is 0.0306. The Bertz CT molecular complexity index is 3830. The van der Waals surface area contributed by atoms with Crippen molar-refractivity contribution in [3.05, 3.63) is 130 Å². The number of benzene rings is 5. The van der Waals surface area contributed by atoms with Gasteiger partial charge < -0.3 is 73.8 Å². The van der Waals surface area contributed by atoms with E-state index in [-0.39, 0.29) is 109 Å². The number of aliphatic hydroxyl groups excluding tert-OH is 4. The standard InChI is InChI=1S/C25H23ClF4N2O5.C16H21F2NO3.C15H20F2N2O3.C13H18O6S.3CH4/c26-16-2-4-18-15(9-16)11-21(37-18)25(29,30)23(34)31-17(12-32-6-5-24(27,28)13-32)22(33)14-1-3-19-20(10-14)36-8-7-35-19;1-11(9-19-5-4-16(17,18)10-19)15(20)12-2-3-13-14(8-12)22-7-6-21-13;16-15(17)3-4-19(9-15)8-11(18)14(20)10-1-2-12-13(7-10)22-6-5-21-12;1-9(8-19-20(2,15)16)13(14)10-3-4-11-12(7-10)18-6-5-17-11;;;/h1-4,9-11,17,22,33H,5-8,12-13H2,(H,31,34);2-3,8,11,15,20H,4-7,9-10H2,1H3;1-2,7,11,14,20H,3-6,8-9,18H2;3-4,7,9,13-14H,5-6,8H2,1-2H3;3*1H4/t17-,22-;11-,15+;11-,14-;9-,13+;;;/m1111.../s1. The molecule has 578 valence electrons. The number of ether oxygens (including phenoxy) is 8. The first-order valence-electron chi connectivity index (χ1n) is 32.9. The molecule has 7 aliphatic rings. The predicted octanol–water partition coefficient (Wildman–Crippen LogP) is 11.1. The number of rotatable bonds is 20. The Kier molecular flexibility index (Phi) is 29.1. The van der Waals surface area contributed by atoms with Crippen LogP contribution < -0.4 is 48.9 Å². The van der Waals surface area contributed by atoms with Gasteiger partial charge in [0.1, 0.15) is 64.5 Å². The van der Waals surface area contributed by atoms with Gasteiger partial charge in [-0.3, -0.25) is 23.7 Å². The topological polar surface area (TPSA) is 276 Å². The van der Waals surface area contributed by atoms with Crippen LogP contribution in [0, 0.1) is 11.8 Å². The lowest BCUT2D eigenvalue weighted by Crippen LogP contribution is -2.51. The molecule has 22 nitrogen and oxygen atoms in total. The smallest absolute Gasteiger partial charge is 0.380 e. The summed E-state index contributed by atoms with van der Waals surface area (Å²) in [5.74, 6) is -11.0. The van der Waals surface area contributed by atoms with E-state index in [9.17, 15) is 60.0 Å². The SMILES string of the molecule is C.C.C.C[C@H](CN1CCC(F)(F)C1)[C@H](O)c1ccc2c(c1)OCCO2.C[C@H](COS(C)(=O)=O)[C@H](O)c1ccc2c(c1)OCCO2.N[C@H](CN1CCC(F)(F)C1)[C@H](O)c1ccc2c(c1)OCCO2.O=C(N[C@H](CN1CCC(F)(F)C1)[C@H](O)c1ccc2c(c1)OCCO2)C(F)(F)c1cc2cc(Cl)ccc2o1. The number of hydrogen-bond acceptors (Lipinski definition) is 21. The molecule has 5 aromatic carbocycles. The molecule has 8 atom stereocenters. The van der Waals surface area contributed by atoms with Crippen molar-refractivity contribution in [3.8, 4) is 46.0 Å². The number of carbonyl (C=O) groups is 1. The van der Waals surface area contributed by atoms with Crippen molar-refractivity contribution in [2.24, 2.45) is 17.6 Å². The van der Waals surface area contributed by atoms with Crippen molar-refractivity contribution in [3.63, 3.8) is 0 Å². The summed E-state index contributed by atoms with van der Waals surface area (Å²) < 4.78 is 186. The fourth-order valence-corrected chi connectivity index (χ4v) is 12.9. The normalized spacial score (nSPS) is 20.0. The van der Waals surface area contributed by atoms with E-state index in [1.165, 1.54) is 35.2 Å². The number of fused-ring (bicyclic) bond motifs is 5. The first kappa shape index (κ1) is 84.1. The maximum Gasteiger partial charge on any atom is 0.380 e. The highest BCUT2D eigenvalue weighted by atomic mass is 35.5. The van der Waals surface area contributed by atoms with E-state index >= 15 is 8.78 Å². The third-order valence-electron chi connectivity index (χ3n) is 17.6. The first-order chi connectivity index (χ1) is 47.8. The fourth-order valence-electron chi connectivity index (χ4n) is 12.3. The summed E-state index contributed by atoms with van der Waals surface area (Å²) >= 11 is 5.90. The summed E-state index contributed by atoms with van der Waals surface area (Å²) in [4.78, 5) is 17.4. The number of nitrogens with zero attached hydrogens (tertiary/aromatic N) is 3. The zero-order valence-electron chi connectivity index (χ0n) is 55.5. The van der Waals surface area contributed by atoms with E-state index in [1.807, 2.05) is 6.92 Å². The van der Waals surface area contributed by atoms with E-state index < -0.39 is 94.9 Å². The summed E-state index contributed by atoms with van der Waals surface area (Å²) in [5.41, 5.74) is 8.30. The molecule has 8 heterocycles. The number of carbonyl (C=O) groups excluding carboxylic acids is 1. The molecule has 7 aliphatic heterocycles. The van der Waals surface area contributed by atoms with Gasteiger partial charge in [0, 0.05) is 80.9 Å². The van der Waals surface area contributed by atoms with Crippen LogP contribution in [0.2, 0.25) is 5.02 Å². The Balaban J connectivity index is 0.000000199. The number of nitrogens with one attached hydrogen (secondary N) is 1. The van der Waals surface area contributed by atoms with Gasteiger partial charge in [0.2, 0.25) is 0 Å². The summed E-state index contributed by atoms with van der Waals surface area (Å²) in [6.07, 6.45) is -3.69. The van der Waals surface area contributed by atoms with Crippen LogP contribution in [-0.2, 0) is 25.0 Å². The highest BCUT2D eigenvalue weighted by Crippen LogP contribution is 2.41. The van der Waals surface area contributed by atoms with Crippen molar-refractivity contribution in [2.45, 2.75) is 116 Å². The van der Waals surface area contributed by atoms with Gasteiger partial charge >= 0.3 is 5.92 Å². The van der Waals surface area contributed by atoms with E-state index in [4.69, 9.17) is 63.8 Å². The van der Waals surface area contributed by atoms with Crippen molar-refractivity contribution < 1.29 is 115 Å². The van der Waals surface area contributed by atoms with Gasteiger partial charge in [0.25, 0.3) is 33.8 Å². The van der Waals surface area contributed by atoms with Crippen LogP contribution >= 0.6 is 11.6 Å². The summed E-state index contributed by atoms with van der Waals surface area (Å²) in [5, 5.41) is 44.9. The molecule has 6 aromatic rings. The minimum Gasteiger partial charge on any atom is -0.486 e. The maximum atomic E-state index is 15.2. The molecule has 104 heavy (non-hydrogen) atoms. The maximum absolute atomic E-state index is 15.2. The highest BCUT2D eigenvalue weighted by Gasteiger charge is 2.48. The average Bonchev–Trinajstić information content (AvgIpc) is 1.75. The Morgan fingerprint density at radius 2 is 0.904 bits per heavy atom. The lowest BCUT2D eigenvalue weighted by Gasteiger charge is -2.30. The predicted molar refractivity (Wildman–Crippen MR) is 372 cm³/mol. The Labute approximate surface area is 605 Å². The molecule has 0 aliphatic carbocycles. The number of hydrogen-bond donors (Lipinski definition) is 6. The van der Waals surface area contributed by atoms with Gasteiger partial charge in [-0.2, -0.15) is 17.2 Å². The molecular formula is C72H94ClF8N5O17S. The third kappa shape index (κ3) is 22.5. The molecule has 1 aromatic heterocycles. The molecular weight excluding hydrogens is 1430 g/mol. The molecule has 3 fully saturated rings. The van der Waals surface area contributed by atoms with Crippen LogP contribution in [0.15, 0.2) is 101 Å². The molecule has 1 amide bonds. The average molecular weight is 1520 g/mol. The summed E-state index contributed by atoms with van der Waals surface area (Å²) in [7, 11) is -3.51. The number of alkyl halides is 8. The van der Waals surface area contributed by atoms with Crippen LogP contribution in [-0.4, -0.2) is 204 Å². The molecule has 0 bridgehead atoms. The fraction of sp³-hybridized carbons (Fsp3) is 0.542. The van der Waals surface area contributed by atoms with Crippen LogP contribution in [0.1, 0.15) is 108 Å². The van der Waals surface area contributed by atoms with Gasteiger partial charge in [-0.25, -0.2) is 26.3 Å². The van der Waals surface area contributed by atoms with Crippen LogP contribution in [0.25, 0.3) is 11.0 Å².